The van der Waals surface area contributed by atoms with Crippen molar-refractivity contribution in [3.8, 4) is 0 Å². The molecule has 2 rings (SSSR count). The maximum atomic E-state index is 12.5. The molecule has 1 saturated heterocycles. The Hall–Kier alpha value is -0.470. The zero-order valence-electron chi connectivity index (χ0n) is 11.9. The first kappa shape index (κ1) is 15.9. The zero-order chi connectivity index (χ0) is 14.8. The quantitative estimate of drug-likeness (QED) is 0.884. The molecule has 0 radical (unpaired) electrons. The molecule has 114 valence electrons. The van der Waals surface area contributed by atoms with E-state index in [-0.39, 0.29) is 12.6 Å². The van der Waals surface area contributed by atoms with Crippen LogP contribution in [0.4, 0.5) is 0 Å². The second-order valence-corrected chi connectivity index (χ2v) is 8.50. The number of sulfonamides is 1. The summed E-state index contributed by atoms with van der Waals surface area (Å²) in [4.78, 5) is 3.18. The molecule has 5 nitrogen and oxygen atoms in total. The first-order valence-electron chi connectivity index (χ1n) is 6.90. The molecule has 0 aromatic carbocycles. The highest BCUT2D eigenvalue weighted by Gasteiger charge is 2.31. The molecule has 1 aromatic rings. The van der Waals surface area contributed by atoms with Crippen LogP contribution in [0.15, 0.2) is 16.3 Å². The second kappa shape index (κ2) is 6.53. The van der Waals surface area contributed by atoms with Crippen molar-refractivity contribution < 1.29 is 13.5 Å². The topological polar surface area (TPSA) is 60.9 Å². The normalized spacial score (nSPS) is 20.1. The molecular formula is C13H22N2O3S2. The summed E-state index contributed by atoms with van der Waals surface area (Å²) in [5.41, 5.74) is 0. The maximum absolute atomic E-state index is 12.5. The lowest BCUT2D eigenvalue weighted by molar-refractivity contribution is 0.0881. The number of aryl methyl sites for hydroxylation is 1. The van der Waals surface area contributed by atoms with Crippen molar-refractivity contribution in [2.45, 2.75) is 30.5 Å². The molecule has 0 saturated carbocycles. The van der Waals surface area contributed by atoms with E-state index >= 15 is 0 Å². The lowest BCUT2D eigenvalue weighted by atomic mass is 10.2. The molecule has 20 heavy (non-hydrogen) atoms. The Morgan fingerprint density at radius 3 is 2.40 bits per heavy atom. The SMILES string of the molecule is CCC(CO)N1CCN(S(=O)(=O)c2ccc(C)s2)CC1. The van der Waals surface area contributed by atoms with Gasteiger partial charge in [-0.15, -0.1) is 11.3 Å². The van der Waals surface area contributed by atoms with Crippen molar-refractivity contribution in [1.82, 2.24) is 9.21 Å². The van der Waals surface area contributed by atoms with Gasteiger partial charge in [-0.05, 0) is 25.5 Å². The standard InChI is InChI=1S/C13H22N2O3S2/c1-3-12(10-16)14-6-8-15(9-7-14)20(17,18)13-5-4-11(2)19-13/h4-5,12,16H,3,6-10H2,1-2H3. The van der Waals surface area contributed by atoms with Crippen LogP contribution in [-0.2, 0) is 10.0 Å². The van der Waals surface area contributed by atoms with Gasteiger partial charge in [-0.25, -0.2) is 8.42 Å². The fourth-order valence-corrected chi connectivity index (χ4v) is 5.35. The average molecular weight is 318 g/mol. The molecule has 1 aromatic heterocycles. The highest BCUT2D eigenvalue weighted by Crippen LogP contribution is 2.25. The number of rotatable bonds is 5. The largest absolute Gasteiger partial charge is 0.395 e. The minimum Gasteiger partial charge on any atom is -0.395 e. The van der Waals surface area contributed by atoms with E-state index in [1.807, 2.05) is 19.9 Å². The summed E-state index contributed by atoms with van der Waals surface area (Å²) in [5.74, 6) is 0. The minimum absolute atomic E-state index is 0.132. The number of thiophene rings is 1. The van der Waals surface area contributed by atoms with Crippen LogP contribution in [0.2, 0.25) is 0 Å². The van der Waals surface area contributed by atoms with Gasteiger partial charge in [-0.2, -0.15) is 4.31 Å². The summed E-state index contributed by atoms with van der Waals surface area (Å²) in [7, 11) is -3.34. The summed E-state index contributed by atoms with van der Waals surface area (Å²) in [5, 5.41) is 9.31. The third-order valence-electron chi connectivity index (χ3n) is 3.78. The fraction of sp³-hybridized carbons (Fsp3) is 0.692. The molecule has 1 aliphatic rings. The smallest absolute Gasteiger partial charge is 0.252 e. The third-order valence-corrected chi connectivity index (χ3v) is 7.15. The lowest BCUT2D eigenvalue weighted by Gasteiger charge is -2.37. The van der Waals surface area contributed by atoms with E-state index in [0.717, 1.165) is 11.3 Å². The fourth-order valence-electron chi connectivity index (χ4n) is 2.49. The van der Waals surface area contributed by atoms with Gasteiger partial charge in [-0.1, -0.05) is 6.92 Å². The first-order valence-corrected chi connectivity index (χ1v) is 9.16. The van der Waals surface area contributed by atoms with E-state index in [4.69, 9.17) is 0 Å². The monoisotopic (exact) mass is 318 g/mol. The molecule has 1 unspecified atom stereocenters. The summed E-state index contributed by atoms with van der Waals surface area (Å²) in [6.45, 7) is 6.44. The van der Waals surface area contributed by atoms with Crippen molar-refractivity contribution in [2.75, 3.05) is 32.8 Å². The maximum Gasteiger partial charge on any atom is 0.252 e. The van der Waals surface area contributed by atoms with Gasteiger partial charge in [0.25, 0.3) is 10.0 Å². The molecule has 0 bridgehead atoms. The number of hydrogen-bond donors (Lipinski definition) is 1. The predicted octanol–water partition coefficient (Wildman–Crippen LogP) is 1.13. The van der Waals surface area contributed by atoms with Crippen LogP contribution in [0, 0.1) is 6.92 Å². The molecular weight excluding hydrogens is 296 g/mol. The Kier molecular flexibility index (Phi) is 5.19. The molecule has 0 amide bonds. The molecule has 0 aliphatic carbocycles. The van der Waals surface area contributed by atoms with E-state index < -0.39 is 10.0 Å². The van der Waals surface area contributed by atoms with E-state index in [1.165, 1.54) is 11.3 Å². The van der Waals surface area contributed by atoms with Gasteiger partial charge >= 0.3 is 0 Å². The van der Waals surface area contributed by atoms with Crippen LogP contribution in [0.5, 0.6) is 0 Å². The molecule has 1 atom stereocenters. The number of hydrogen-bond acceptors (Lipinski definition) is 5. The van der Waals surface area contributed by atoms with Crippen LogP contribution in [-0.4, -0.2) is 61.6 Å². The van der Waals surface area contributed by atoms with Gasteiger partial charge in [0.2, 0.25) is 0 Å². The highest BCUT2D eigenvalue weighted by atomic mass is 32.2. The van der Waals surface area contributed by atoms with Gasteiger partial charge < -0.3 is 5.11 Å². The van der Waals surface area contributed by atoms with Crippen molar-refractivity contribution in [2.24, 2.45) is 0 Å². The molecule has 1 N–H and O–H groups in total. The summed E-state index contributed by atoms with van der Waals surface area (Å²) < 4.78 is 27.0. The van der Waals surface area contributed by atoms with Gasteiger partial charge in [0.05, 0.1) is 6.61 Å². The van der Waals surface area contributed by atoms with Crippen LogP contribution in [0.3, 0.4) is 0 Å². The lowest BCUT2D eigenvalue weighted by Crippen LogP contribution is -2.52. The van der Waals surface area contributed by atoms with Crippen molar-refractivity contribution in [1.29, 1.82) is 0 Å². The van der Waals surface area contributed by atoms with Gasteiger partial charge in [0.15, 0.2) is 0 Å². The van der Waals surface area contributed by atoms with E-state index in [0.29, 0.717) is 30.4 Å². The van der Waals surface area contributed by atoms with E-state index in [1.54, 1.807) is 10.4 Å². The summed E-state index contributed by atoms with van der Waals surface area (Å²) in [6, 6.07) is 3.67. The van der Waals surface area contributed by atoms with Crippen molar-refractivity contribution in [3.05, 3.63) is 17.0 Å². The van der Waals surface area contributed by atoms with Gasteiger partial charge in [0, 0.05) is 37.1 Å². The van der Waals surface area contributed by atoms with E-state index in [9.17, 15) is 13.5 Å². The van der Waals surface area contributed by atoms with Crippen LogP contribution in [0.25, 0.3) is 0 Å². The second-order valence-electron chi connectivity index (χ2n) is 5.05. The average Bonchev–Trinajstić information content (AvgIpc) is 2.88. The Balaban J connectivity index is 2.03. The number of aliphatic hydroxyl groups is 1. The predicted molar refractivity (Wildman–Crippen MR) is 80.6 cm³/mol. The number of aliphatic hydroxyl groups excluding tert-OH is 1. The molecule has 1 aliphatic heterocycles. The Bertz CT molecular complexity index is 530. The summed E-state index contributed by atoms with van der Waals surface area (Å²) in [6.07, 6.45) is 0.882. The molecule has 0 spiro atoms. The highest BCUT2D eigenvalue weighted by molar-refractivity contribution is 7.91. The van der Waals surface area contributed by atoms with Crippen LogP contribution < -0.4 is 0 Å². The number of nitrogens with zero attached hydrogens (tertiary/aromatic N) is 2. The van der Waals surface area contributed by atoms with Gasteiger partial charge in [0.1, 0.15) is 4.21 Å². The minimum atomic E-state index is -3.34. The molecule has 1 fully saturated rings. The van der Waals surface area contributed by atoms with Crippen LogP contribution >= 0.6 is 11.3 Å². The Labute approximate surface area is 124 Å². The first-order chi connectivity index (χ1) is 9.48. The van der Waals surface area contributed by atoms with Crippen LogP contribution in [0.1, 0.15) is 18.2 Å². The zero-order valence-corrected chi connectivity index (χ0v) is 13.6. The van der Waals surface area contributed by atoms with E-state index in [2.05, 4.69) is 4.90 Å². The van der Waals surface area contributed by atoms with Gasteiger partial charge in [-0.3, -0.25) is 4.90 Å². The third kappa shape index (κ3) is 3.23. The number of piperazine rings is 1. The van der Waals surface area contributed by atoms with Crippen molar-refractivity contribution >= 4 is 21.4 Å². The summed E-state index contributed by atoms with van der Waals surface area (Å²) >= 11 is 1.32. The van der Waals surface area contributed by atoms with Crippen molar-refractivity contribution in [3.63, 3.8) is 0 Å². The molecule has 7 heteroatoms. The Morgan fingerprint density at radius 2 is 1.95 bits per heavy atom. The molecule has 2 heterocycles. The Morgan fingerprint density at radius 1 is 1.30 bits per heavy atom.